The van der Waals surface area contributed by atoms with E-state index in [0.29, 0.717) is 18.8 Å². The van der Waals surface area contributed by atoms with E-state index in [1.807, 2.05) is 18.2 Å². The van der Waals surface area contributed by atoms with Crippen LogP contribution in [0.5, 0.6) is 0 Å². The largest absolute Gasteiger partial charge is 0.359 e. The van der Waals surface area contributed by atoms with Crippen LogP contribution >= 0.6 is 0 Å². The first-order chi connectivity index (χ1) is 13.1. The zero-order valence-electron chi connectivity index (χ0n) is 16.2. The lowest BCUT2D eigenvalue weighted by atomic mass is 10.0. The van der Waals surface area contributed by atoms with Crippen LogP contribution in [0.15, 0.2) is 35.1 Å². The Balaban J connectivity index is 1.38. The lowest BCUT2D eigenvalue weighted by Crippen LogP contribution is -2.39. The maximum Gasteiger partial charge on any atom is 0.317 e. The van der Waals surface area contributed by atoms with E-state index in [1.165, 1.54) is 25.9 Å². The summed E-state index contributed by atoms with van der Waals surface area (Å²) in [5.41, 5.74) is 1.69. The van der Waals surface area contributed by atoms with E-state index in [0.717, 1.165) is 30.1 Å². The summed E-state index contributed by atoms with van der Waals surface area (Å²) in [4.78, 5) is 20.4. The monoisotopic (exact) mass is 371 g/mol. The van der Waals surface area contributed by atoms with Crippen molar-refractivity contribution in [1.82, 2.24) is 25.3 Å². The number of nitrogens with one attached hydrogen (secondary N) is 1. The van der Waals surface area contributed by atoms with Gasteiger partial charge in [-0.2, -0.15) is 0 Å². The van der Waals surface area contributed by atoms with Gasteiger partial charge >= 0.3 is 6.03 Å². The van der Waals surface area contributed by atoms with Gasteiger partial charge < -0.3 is 19.6 Å². The van der Waals surface area contributed by atoms with Gasteiger partial charge in [-0.15, -0.1) is 0 Å². The summed E-state index contributed by atoms with van der Waals surface area (Å²) in [7, 11) is 1.76. The third kappa shape index (κ3) is 5.79. The molecule has 0 radical (unpaired) electrons. The Bertz CT molecular complexity index is 718. The van der Waals surface area contributed by atoms with Gasteiger partial charge in [0.1, 0.15) is 5.69 Å². The topological polar surface area (TPSA) is 74.5 Å². The molecule has 0 bridgehead atoms. The number of amides is 2. The Morgan fingerprint density at radius 2 is 2.22 bits per heavy atom. The molecule has 1 fully saturated rings. The normalized spacial score (nSPS) is 17.6. The van der Waals surface area contributed by atoms with Crippen LogP contribution in [0, 0.1) is 5.92 Å². The van der Waals surface area contributed by atoms with E-state index >= 15 is 0 Å². The molecule has 2 amide bonds. The minimum atomic E-state index is -0.0936. The summed E-state index contributed by atoms with van der Waals surface area (Å²) in [5, 5.41) is 7.05. The van der Waals surface area contributed by atoms with Crippen LogP contribution in [0.1, 0.15) is 31.9 Å². The first-order valence-electron chi connectivity index (χ1n) is 9.69. The molecule has 0 aliphatic carbocycles. The van der Waals surface area contributed by atoms with E-state index in [4.69, 9.17) is 4.52 Å². The van der Waals surface area contributed by atoms with Gasteiger partial charge in [0, 0.05) is 44.2 Å². The number of pyridine rings is 1. The molecular formula is C20H29N5O2. The van der Waals surface area contributed by atoms with Gasteiger partial charge in [-0.3, -0.25) is 4.98 Å². The van der Waals surface area contributed by atoms with Crippen LogP contribution < -0.4 is 5.32 Å². The fraction of sp³-hybridized carbons (Fsp3) is 0.550. The average Bonchev–Trinajstić information content (AvgIpc) is 3.14. The Hall–Kier alpha value is -2.41. The molecule has 7 heteroatoms. The number of aromatic nitrogens is 2. The van der Waals surface area contributed by atoms with Crippen LogP contribution in [0.25, 0.3) is 11.3 Å². The predicted molar refractivity (Wildman–Crippen MR) is 104 cm³/mol. The van der Waals surface area contributed by atoms with Gasteiger partial charge in [-0.1, -0.05) is 12.1 Å². The highest BCUT2D eigenvalue weighted by Crippen LogP contribution is 2.18. The third-order valence-corrected chi connectivity index (χ3v) is 4.94. The second kappa shape index (κ2) is 9.50. The van der Waals surface area contributed by atoms with Crippen molar-refractivity contribution in [2.75, 3.05) is 33.2 Å². The number of rotatable bonds is 7. The number of hydrogen-bond acceptors (Lipinski definition) is 5. The van der Waals surface area contributed by atoms with E-state index in [1.54, 1.807) is 24.3 Å². The molecule has 2 aromatic heterocycles. The van der Waals surface area contributed by atoms with Crippen molar-refractivity contribution in [3.05, 3.63) is 36.4 Å². The summed E-state index contributed by atoms with van der Waals surface area (Å²) < 4.78 is 5.36. The van der Waals surface area contributed by atoms with E-state index < -0.39 is 0 Å². The zero-order valence-corrected chi connectivity index (χ0v) is 16.2. The summed E-state index contributed by atoms with van der Waals surface area (Å²) >= 11 is 0. The summed E-state index contributed by atoms with van der Waals surface area (Å²) in [6.45, 7) is 6.79. The van der Waals surface area contributed by atoms with Gasteiger partial charge in [0.2, 0.25) is 0 Å². The summed E-state index contributed by atoms with van der Waals surface area (Å²) in [6.07, 6.45) is 7.03. The lowest BCUT2D eigenvalue weighted by molar-refractivity contribution is 0.179. The molecule has 0 spiro atoms. The van der Waals surface area contributed by atoms with Crippen LogP contribution in [0.4, 0.5) is 4.79 Å². The minimum Gasteiger partial charge on any atom is -0.359 e. The average molecular weight is 371 g/mol. The zero-order chi connectivity index (χ0) is 19.1. The van der Waals surface area contributed by atoms with Crippen molar-refractivity contribution in [2.24, 2.45) is 5.92 Å². The first kappa shape index (κ1) is 19.4. The van der Waals surface area contributed by atoms with Crippen LogP contribution in [0.2, 0.25) is 0 Å². The second-order valence-corrected chi connectivity index (χ2v) is 7.40. The molecule has 1 aliphatic heterocycles. The van der Waals surface area contributed by atoms with Gasteiger partial charge in [-0.05, 0) is 50.4 Å². The Morgan fingerprint density at radius 3 is 3.00 bits per heavy atom. The minimum absolute atomic E-state index is 0.0936. The van der Waals surface area contributed by atoms with Gasteiger partial charge in [0.05, 0.1) is 6.54 Å². The number of likely N-dealkylation sites (tertiary alicyclic amines) is 1. The van der Waals surface area contributed by atoms with Crippen molar-refractivity contribution >= 4 is 6.03 Å². The molecule has 27 heavy (non-hydrogen) atoms. The fourth-order valence-electron chi connectivity index (χ4n) is 3.47. The molecule has 1 N–H and O–H groups in total. The highest BCUT2D eigenvalue weighted by molar-refractivity contribution is 5.73. The SMILES string of the molecule is C[C@@H]1CCCN(CCCNC(=O)N(C)Cc2cc(-c3ccncc3)no2)C1. The molecule has 3 heterocycles. The quantitative estimate of drug-likeness (QED) is 0.758. The smallest absolute Gasteiger partial charge is 0.317 e. The molecule has 3 rings (SSSR count). The molecular weight excluding hydrogens is 342 g/mol. The molecule has 7 nitrogen and oxygen atoms in total. The molecule has 1 saturated heterocycles. The Kier molecular flexibility index (Phi) is 6.81. The van der Waals surface area contributed by atoms with E-state index in [9.17, 15) is 4.79 Å². The number of piperidine rings is 1. The number of carbonyl (C=O) groups excluding carboxylic acids is 1. The van der Waals surface area contributed by atoms with Crippen molar-refractivity contribution in [3.63, 3.8) is 0 Å². The lowest BCUT2D eigenvalue weighted by Gasteiger charge is -2.30. The van der Waals surface area contributed by atoms with Crippen LogP contribution in [-0.4, -0.2) is 59.2 Å². The van der Waals surface area contributed by atoms with E-state index in [-0.39, 0.29) is 6.03 Å². The fourth-order valence-corrected chi connectivity index (χ4v) is 3.47. The maximum absolute atomic E-state index is 12.3. The first-order valence-corrected chi connectivity index (χ1v) is 9.69. The number of nitrogens with zero attached hydrogens (tertiary/aromatic N) is 4. The molecule has 1 atom stereocenters. The van der Waals surface area contributed by atoms with Gasteiger partial charge in [0.25, 0.3) is 0 Å². The molecule has 0 saturated carbocycles. The van der Waals surface area contributed by atoms with Crippen LogP contribution in [-0.2, 0) is 6.54 Å². The van der Waals surface area contributed by atoms with Crippen molar-refractivity contribution in [1.29, 1.82) is 0 Å². The standard InChI is InChI=1S/C20H29N5O2/c1-16-5-3-11-25(14-16)12-4-8-22-20(26)24(2)15-18-13-19(23-27-18)17-6-9-21-10-7-17/h6-7,9-10,13,16H,3-5,8,11-12,14-15H2,1-2H3,(H,22,26)/t16-/m1/s1. The van der Waals surface area contributed by atoms with E-state index in [2.05, 4.69) is 27.3 Å². The Morgan fingerprint density at radius 1 is 1.41 bits per heavy atom. The number of carbonyl (C=O) groups is 1. The van der Waals surface area contributed by atoms with Crippen molar-refractivity contribution < 1.29 is 9.32 Å². The van der Waals surface area contributed by atoms with Crippen LogP contribution in [0.3, 0.4) is 0 Å². The molecule has 1 aliphatic rings. The number of urea groups is 1. The highest BCUT2D eigenvalue weighted by atomic mass is 16.5. The molecule has 0 unspecified atom stereocenters. The summed E-state index contributed by atoms with van der Waals surface area (Å²) in [5.74, 6) is 1.44. The van der Waals surface area contributed by atoms with Gasteiger partial charge in [0.15, 0.2) is 5.76 Å². The molecule has 2 aromatic rings. The molecule has 0 aromatic carbocycles. The van der Waals surface area contributed by atoms with Crippen molar-refractivity contribution in [2.45, 2.75) is 32.7 Å². The highest BCUT2D eigenvalue weighted by Gasteiger charge is 2.16. The number of hydrogen-bond donors (Lipinski definition) is 1. The van der Waals surface area contributed by atoms with Crippen molar-refractivity contribution in [3.8, 4) is 11.3 Å². The summed E-state index contributed by atoms with van der Waals surface area (Å²) in [6, 6.07) is 5.52. The predicted octanol–water partition coefficient (Wildman–Crippen LogP) is 3.00. The second-order valence-electron chi connectivity index (χ2n) is 7.40. The molecule has 146 valence electrons. The Labute approximate surface area is 160 Å². The maximum atomic E-state index is 12.3. The third-order valence-electron chi connectivity index (χ3n) is 4.94. The van der Waals surface area contributed by atoms with Gasteiger partial charge in [-0.25, -0.2) is 4.79 Å².